The van der Waals surface area contributed by atoms with Gasteiger partial charge in [0.1, 0.15) is 11.6 Å². The molecule has 2 N–H and O–H groups in total. The molecule has 0 aromatic heterocycles. The Labute approximate surface area is 126 Å². The quantitative estimate of drug-likeness (QED) is 0.825. The summed E-state index contributed by atoms with van der Waals surface area (Å²) in [7, 11) is 0. The molecule has 0 radical (unpaired) electrons. The molecular formula is C16H16F3NO2. The highest BCUT2D eigenvalue weighted by atomic mass is 19.3. The summed E-state index contributed by atoms with van der Waals surface area (Å²) in [5.41, 5.74) is 1.14. The Hall–Kier alpha value is -2.05. The largest absolute Gasteiger partial charge is 0.434 e. The van der Waals surface area contributed by atoms with Crippen molar-refractivity contribution in [1.29, 1.82) is 0 Å². The molecule has 0 spiro atoms. The molecule has 2 aromatic rings. The highest BCUT2D eigenvalue weighted by Gasteiger charge is 2.10. The number of benzene rings is 2. The normalized spacial score (nSPS) is 12.4. The number of ether oxygens (including phenoxy) is 1. The zero-order chi connectivity index (χ0) is 15.9. The molecule has 0 aliphatic rings. The highest BCUT2D eigenvalue weighted by molar-refractivity contribution is 5.33. The summed E-state index contributed by atoms with van der Waals surface area (Å²) in [5.74, 6) is -0.275. The standard InChI is InChI=1S/C16H16F3NO2/c17-13-7-5-11(6-8-13)14(21)10-20-9-12-3-1-2-4-15(12)22-16(18)19/h1-8,14,16,20-21H,9-10H2. The average Bonchev–Trinajstić information content (AvgIpc) is 2.49. The maximum Gasteiger partial charge on any atom is 0.387 e. The third-order valence-electron chi connectivity index (χ3n) is 3.10. The van der Waals surface area contributed by atoms with Gasteiger partial charge < -0.3 is 15.2 Å². The number of hydrogen-bond donors (Lipinski definition) is 2. The molecule has 2 aromatic carbocycles. The molecule has 0 fully saturated rings. The van der Waals surface area contributed by atoms with E-state index < -0.39 is 12.7 Å². The van der Waals surface area contributed by atoms with E-state index in [1.165, 1.54) is 30.3 Å². The molecule has 0 aliphatic carbocycles. The van der Waals surface area contributed by atoms with Crippen molar-refractivity contribution < 1.29 is 23.0 Å². The molecule has 0 amide bonds. The van der Waals surface area contributed by atoms with E-state index in [1.807, 2.05) is 0 Å². The van der Waals surface area contributed by atoms with Crippen LogP contribution in [0.25, 0.3) is 0 Å². The lowest BCUT2D eigenvalue weighted by molar-refractivity contribution is -0.0505. The van der Waals surface area contributed by atoms with Crippen LogP contribution in [0, 0.1) is 5.82 Å². The van der Waals surface area contributed by atoms with E-state index in [2.05, 4.69) is 10.1 Å². The second kappa shape index (κ2) is 7.82. The number of nitrogens with one attached hydrogen (secondary N) is 1. The van der Waals surface area contributed by atoms with Gasteiger partial charge in [-0.25, -0.2) is 4.39 Å². The van der Waals surface area contributed by atoms with Crippen LogP contribution < -0.4 is 10.1 Å². The molecule has 2 rings (SSSR count). The smallest absolute Gasteiger partial charge is 0.387 e. The van der Waals surface area contributed by atoms with Gasteiger partial charge >= 0.3 is 6.61 Å². The fourth-order valence-electron chi connectivity index (χ4n) is 2.01. The Balaban J connectivity index is 1.89. The van der Waals surface area contributed by atoms with Gasteiger partial charge in [-0.2, -0.15) is 8.78 Å². The molecule has 1 atom stereocenters. The van der Waals surface area contributed by atoms with Crippen LogP contribution in [0.5, 0.6) is 5.75 Å². The van der Waals surface area contributed by atoms with Crippen molar-refractivity contribution in [3.63, 3.8) is 0 Å². The number of halogens is 3. The number of alkyl halides is 2. The van der Waals surface area contributed by atoms with Crippen molar-refractivity contribution >= 4 is 0 Å². The summed E-state index contributed by atoms with van der Waals surface area (Å²) in [6, 6.07) is 12.0. The predicted molar refractivity (Wildman–Crippen MR) is 76.1 cm³/mol. The van der Waals surface area contributed by atoms with Crippen LogP contribution in [-0.4, -0.2) is 18.3 Å². The molecule has 0 bridgehead atoms. The van der Waals surface area contributed by atoms with Gasteiger partial charge in [-0.1, -0.05) is 30.3 Å². The zero-order valence-corrected chi connectivity index (χ0v) is 11.7. The lowest BCUT2D eigenvalue weighted by atomic mass is 10.1. The van der Waals surface area contributed by atoms with Crippen molar-refractivity contribution in [1.82, 2.24) is 5.32 Å². The Kier molecular flexibility index (Phi) is 5.80. The second-order valence-electron chi connectivity index (χ2n) is 4.68. The first kappa shape index (κ1) is 16.3. The van der Waals surface area contributed by atoms with Crippen LogP contribution in [0.15, 0.2) is 48.5 Å². The summed E-state index contributed by atoms with van der Waals surface area (Å²) >= 11 is 0. The monoisotopic (exact) mass is 311 g/mol. The number of para-hydroxylation sites is 1. The van der Waals surface area contributed by atoms with E-state index in [9.17, 15) is 18.3 Å². The van der Waals surface area contributed by atoms with E-state index in [4.69, 9.17) is 0 Å². The second-order valence-corrected chi connectivity index (χ2v) is 4.68. The van der Waals surface area contributed by atoms with E-state index in [0.717, 1.165) is 0 Å². The number of rotatable bonds is 7. The van der Waals surface area contributed by atoms with Gasteiger partial charge in [0.25, 0.3) is 0 Å². The third kappa shape index (κ3) is 4.75. The fraction of sp³-hybridized carbons (Fsp3) is 0.250. The summed E-state index contributed by atoms with van der Waals surface area (Å²) in [5, 5.41) is 12.9. The van der Waals surface area contributed by atoms with Crippen LogP contribution in [0.2, 0.25) is 0 Å². The Morgan fingerprint density at radius 2 is 1.73 bits per heavy atom. The molecule has 3 nitrogen and oxygen atoms in total. The lowest BCUT2D eigenvalue weighted by Gasteiger charge is -2.14. The number of aliphatic hydroxyl groups excluding tert-OH is 1. The molecule has 1 unspecified atom stereocenters. The predicted octanol–water partition coefficient (Wildman–Crippen LogP) is 3.25. The van der Waals surface area contributed by atoms with Crippen LogP contribution >= 0.6 is 0 Å². The van der Waals surface area contributed by atoms with Crippen molar-refractivity contribution in [2.75, 3.05) is 6.54 Å². The lowest BCUT2D eigenvalue weighted by Crippen LogP contribution is -2.21. The molecule has 0 saturated heterocycles. The maximum absolute atomic E-state index is 12.8. The van der Waals surface area contributed by atoms with Crippen LogP contribution in [0.1, 0.15) is 17.2 Å². The molecule has 6 heteroatoms. The molecular weight excluding hydrogens is 295 g/mol. The van der Waals surface area contributed by atoms with Crippen molar-refractivity contribution in [3.8, 4) is 5.75 Å². The van der Waals surface area contributed by atoms with Gasteiger partial charge in [-0.05, 0) is 23.8 Å². The minimum Gasteiger partial charge on any atom is -0.434 e. The average molecular weight is 311 g/mol. The van der Waals surface area contributed by atoms with Crippen LogP contribution in [-0.2, 0) is 6.54 Å². The van der Waals surface area contributed by atoms with Gasteiger partial charge in [0.15, 0.2) is 0 Å². The first-order chi connectivity index (χ1) is 10.6. The van der Waals surface area contributed by atoms with Gasteiger partial charge in [0, 0.05) is 18.7 Å². The molecule has 0 aliphatic heterocycles. The molecule has 118 valence electrons. The SMILES string of the molecule is OC(CNCc1ccccc1OC(F)F)c1ccc(F)cc1. The van der Waals surface area contributed by atoms with Crippen molar-refractivity contribution in [2.24, 2.45) is 0 Å². The Morgan fingerprint density at radius 1 is 1.05 bits per heavy atom. The van der Waals surface area contributed by atoms with E-state index in [1.54, 1.807) is 18.2 Å². The molecule has 0 heterocycles. The highest BCUT2D eigenvalue weighted by Crippen LogP contribution is 2.20. The third-order valence-corrected chi connectivity index (χ3v) is 3.10. The summed E-state index contributed by atoms with van der Waals surface area (Å²) in [6.45, 7) is -2.42. The van der Waals surface area contributed by atoms with E-state index in [0.29, 0.717) is 11.1 Å². The Morgan fingerprint density at radius 3 is 2.41 bits per heavy atom. The van der Waals surface area contributed by atoms with Crippen molar-refractivity contribution in [3.05, 3.63) is 65.5 Å². The summed E-state index contributed by atoms with van der Waals surface area (Å²) in [4.78, 5) is 0. The van der Waals surface area contributed by atoms with E-state index in [-0.39, 0.29) is 24.7 Å². The topological polar surface area (TPSA) is 41.5 Å². The van der Waals surface area contributed by atoms with Gasteiger partial charge in [-0.3, -0.25) is 0 Å². The van der Waals surface area contributed by atoms with Crippen molar-refractivity contribution in [2.45, 2.75) is 19.3 Å². The molecule has 0 saturated carbocycles. The molecule has 22 heavy (non-hydrogen) atoms. The number of hydrogen-bond acceptors (Lipinski definition) is 3. The van der Waals surface area contributed by atoms with Gasteiger partial charge in [-0.15, -0.1) is 0 Å². The first-order valence-electron chi connectivity index (χ1n) is 6.73. The maximum atomic E-state index is 12.8. The van der Waals surface area contributed by atoms with E-state index >= 15 is 0 Å². The minimum atomic E-state index is -2.88. The van der Waals surface area contributed by atoms with Crippen LogP contribution in [0.3, 0.4) is 0 Å². The first-order valence-corrected chi connectivity index (χ1v) is 6.73. The van der Waals surface area contributed by atoms with Crippen LogP contribution in [0.4, 0.5) is 13.2 Å². The van der Waals surface area contributed by atoms with Gasteiger partial charge in [0.2, 0.25) is 0 Å². The summed E-state index contributed by atoms with van der Waals surface area (Å²) < 4.78 is 41.8. The van der Waals surface area contributed by atoms with Gasteiger partial charge in [0.05, 0.1) is 6.10 Å². The summed E-state index contributed by atoms with van der Waals surface area (Å²) in [6.07, 6.45) is -0.816. The minimum absolute atomic E-state index is 0.0984. The zero-order valence-electron chi connectivity index (χ0n) is 11.7. The fourth-order valence-corrected chi connectivity index (χ4v) is 2.01. The Bertz CT molecular complexity index is 590. The number of aliphatic hydroxyl groups is 1.